The minimum Gasteiger partial charge on any atom is -0.379 e. The number of benzene rings is 4. The molecule has 1 saturated heterocycles. The first kappa shape index (κ1) is 32.8. The first-order chi connectivity index (χ1) is 24.7. The van der Waals surface area contributed by atoms with Gasteiger partial charge in [-0.2, -0.15) is 12.7 Å². The fraction of sp³-hybridized carbons (Fsp3) is 0.184. The molecule has 2 aliphatic heterocycles. The molecule has 8 rings (SSSR count). The number of fused-ring (bicyclic) bond motifs is 3. The SMILES string of the molecule is O=C([C@@H]1Cc2ccc(OS(=O)(=O)c3cccc4cnccc34)cc2CN1S(=O)(=O)c1cccc2cnccc12)N1CCN(c2ccccc2)CC1. The summed E-state index contributed by atoms with van der Waals surface area (Å²) in [5.74, 6) is -0.234. The van der Waals surface area contributed by atoms with Gasteiger partial charge in [0, 0.05) is 84.7 Å². The molecule has 4 aromatic carbocycles. The summed E-state index contributed by atoms with van der Waals surface area (Å²) in [6, 6.07) is 26.9. The van der Waals surface area contributed by atoms with Gasteiger partial charge in [-0.3, -0.25) is 14.8 Å². The largest absolute Gasteiger partial charge is 0.379 e. The van der Waals surface area contributed by atoms with Crippen molar-refractivity contribution in [1.82, 2.24) is 19.2 Å². The van der Waals surface area contributed by atoms with E-state index in [-0.39, 0.29) is 34.4 Å². The van der Waals surface area contributed by atoms with Crippen molar-refractivity contribution < 1.29 is 25.8 Å². The highest BCUT2D eigenvalue weighted by Gasteiger charge is 2.42. The molecule has 258 valence electrons. The Morgan fingerprint density at radius 3 is 2.02 bits per heavy atom. The zero-order valence-corrected chi connectivity index (χ0v) is 29.0. The average molecular weight is 720 g/mol. The second-order valence-corrected chi connectivity index (χ2v) is 16.0. The number of piperazine rings is 1. The summed E-state index contributed by atoms with van der Waals surface area (Å²) in [6.45, 7) is 1.96. The van der Waals surface area contributed by atoms with Crippen LogP contribution in [-0.2, 0) is 37.9 Å². The van der Waals surface area contributed by atoms with Crippen LogP contribution in [0.2, 0.25) is 0 Å². The molecule has 6 aromatic rings. The lowest BCUT2D eigenvalue weighted by molar-refractivity contribution is -0.136. The van der Waals surface area contributed by atoms with Crippen molar-refractivity contribution in [2.24, 2.45) is 0 Å². The second-order valence-electron chi connectivity index (χ2n) is 12.6. The summed E-state index contributed by atoms with van der Waals surface area (Å²) < 4.78 is 63.3. The number of amides is 1. The van der Waals surface area contributed by atoms with E-state index in [2.05, 4.69) is 14.9 Å². The molecular formula is C38H33N5O6S2. The van der Waals surface area contributed by atoms with Gasteiger partial charge >= 0.3 is 10.1 Å². The minimum absolute atomic E-state index is 0.00667. The summed E-state index contributed by atoms with van der Waals surface area (Å²) >= 11 is 0. The number of para-hydroxylation sites is 1. The lowest BCUT2D eigenvalue weighted by Crippen LogP contribution is -2.57. The highest BCUT2D eigenvalue weighted by molar-refractivity contribution is 7.89. The lowest BCUT2D eigenvalue weighted by atomic mass is 9.94. The smallest absolute Gasteiger partial charge is 0.339 e. The molecule has 51 heavy (non-hydrogen) atoms. The number of aromatic nitrogens is 2. The summed E-state index contributed by atoms with van der Waals surface area (Å²) in [6.07, 6.45) is 6.35. The molecule has 2 aromatic heterocycles. The highest BCUT2D eigenvalue weighted by atomic mass is 32.2. The number of rotatable bonds is 7. The first-order valence-electron chi connectivity index (χ1n) is 16.5. The average Bonchev–Trinajstić information content (AvgIpc) is 3.17. The van der Waals surface area contributed by atoms with E-state index in [1.165, 1.54) is 22.8 Å². The molecule has 1 fully saturated rings. The van der Waals surface area contributed by atoms with Gasteiger partial charge in [0.1, 0.15) is 16.7 Å². The van der Waals surface area contributed by atoms with Gasteiger partial charge in [-0.15, -0.1) is 0 Å². The maximum atomic E-state index is 14.7. The topological polar surface area (TPSA) is 130 Å². The van der Waals surface area contributed by atoms with Gasteiger partial charge in [-0.25, -0.2) is 8.42 Å². The summed E-state index contributed by atoms with van der Waals surface area (Å²) in [4.78, 5) is 26.6. The van der Waals surface area contributed by atoms with Gasteiger partial charge in [0.05, 0.1) is 4.90 Å². The summed E-state index contributed by atoms with van der Waals surface area (Å²) in [5, 5.41) is 2.27. The van der Waals surface area contributed by atoms with E-state index < -0.39 is 26.2 Å². The molecule has 2 aliphatic rings. The normalized spacial score (nSPS) is 17.0. The molecule has 4 heterocycles. The Hall–Kier alpha value is -5.37. The van der Waals surface area contributed by atoms with E-state index in [4.69, 9.17) is 4.18 Å². The lowest BCUT2D eigenvalue weighted by Gasteiger charge is -2.41. The minimum atomic E-state index is -4.27. The Bertz CT molecular complexity index is 2500. The standard InChI is InChI=1S/C38H33N5O6S2/c44-38(42-20-18-41(19-21-42)31-8-2-1-3-9-31)35-23-27-12-13-32(49-51(47,48)37-11-5-7-29-25-40-17-15-34(29)37)22-30(27)26-43(35)50(45,46)36-10-4-6-28-24-39-16-14-33(28)36/h1-17,22,24-25,35H,18-21,23,26H2/t35-/m0/s1. The third-order valence-electron chi connectivity index (χ3n) is 9.61. The number of sulfonamides is 1. The number of hydrogen-bond donors (Lipinski definition) is 0. The Balaban J connectivity index is 1.13. The molecule has 0 saturated carbocycles. The fourth-order valence-corrected chi connectivity index (χ4v) is 9.94. The van der Waals surface area contributed by atoms with E-state index in [0.717, 1.165) is 11.3 Å². The van der Waals surface area contributed by atoms with Crippen molar-refractivity contribution in [2.45, 2.75) is 28.8 Å². The Labute approximate surface area is 295 Å². The van der Waals surface area contributed by atoms with Gasteiger partial charge in [0.2, 0.25) is 15.9 Å². The van der Waals surface area contributed by atoms with Crippen molar-refractivity contribution in [3.8, 4) is 5.75 Å². The number of carbonyl (C=O) groups excluding carboxylic acids is 1. The number of pyridine rings is 2. The highest BCUT2D eigenvalue weighted by Crippen LogP contribution is 2.35. The number of anilines is 1. The molecular weight excluding hydrogens is 687 g/mol. The van der Waals surface area contributed by atoms with Crippen molar-refractivity contribution >= 4 is 53.3 Å². The van der Waals surface area contributed by atoms with E-state index in [0.29, 0.717) is 53.3 Å². The Kier molecular flexibility index (Phi) is 8.41. The monoisotopic (exact) mass is 719 g/mol. The second kappa shape index (κ2) is 13.1. The zero-order chi connectivity index (χ0) is 35.2. The maximum Gasteiger partial charge on any atom is 0.339 e. The number of nitrogens with zero attached hydrogens (tertiary/aromatic N) is 5. The third kappa shape index (κ3) is 6.17. The molecule has 1 atom stereocenters. The molecule has 0 spiro atoms. The molecule has 1 amide bonds. The molecule has 0 bridgehead atoms. The van der Waals surface area contributed by atoms with Crippen LogP contribution in [0, 0.1) is 0 Å². The van der Waals surface area contributed by atoms with Crippen LogP contribution in [0.15, 0.2) is 132 Å². The van der Waals surface area contributed by atoms with Gasteiger partial charge < -0.3 is 14.0 Å². The van der Waals surface area contributed by atoms with Crippen LogP contribution in [-0.4, -0.2) is 74.1 Å². The fourth-order valence-electron chi connectivity index (χ4n) is 7.01. The van der Waals surface area contributed by atoms with E-state index in [1.54, 1.807) is 78.0 Å². The van der Waals surface area contributed by atoms with Crippen LogP contribution < -0.4 is 9.08 Å². The summed E-state index contributed by atoms with van der Waals surface area (Å²) in [5.41, 5.74) is 2.36. The molecule has 11 nitrogen and oxygen atoms in total. The van der Waals surface area contributed by atoms with Crippen LogP contribution in [0.1, 0.15) is 11.1 Å². The quantitative estimate of drug-likeness (QED) is 0.209. The van der Waals surface area contributed by atoms with Crippen LogP contribution in [0.3, 0.4) is 0 Å². The van der Waals surface area contributed by atoms with Gasteiger partial charge in [0.15, 0.2) is 0 Å². The van der Waals surface area contributed by atoms with Crippen molar-refractivity contribution in [3.63, 3.8) is 0 Å². The molecule has 0 aliphatic carbocycles. The van der Waals surface area contributed by atoms with Crippen molar-refractivity contribution in [2.75, 3.05) is 31.1 Å². The van der Waals surface area contributed by atoms with Crippen molar-refractivity contribution in [1.29, 1.82) is 0 Å². The summed E-state index contributed by atoms with van der Waals surface area (Å²) in [7, 11) is -8.52. The Morgan fingerprint density at radius 1 is 0.686 bits per heavy atom. The number of hydrogen-bond acceptors (Lipinski definition) is 9. The predicted octanol–water partition coefficient (Wildman–Crippen LogP) is 5.02. The van der Waals surface area contributed by atoms with Gasteiger partial charge in [-0.05, 0) is 66.1 Å². The van der Waals surface area contributed by atoms with Crippen LogP contribution in [0.4, 0.5) is 5.69 Å². The molecule has 0 unspecified atom stereocenters. The van der Waals surface area contributed by atoms with E-state index in [9.17, 15) is 21.6 Å². The van der Waals surface area contributed by atoms with Crippen LogP contribution >= 0.6 is 0 Å². The molecule has 13 heteroatoms. The van der Waals surface area contributed by atoms with Gasteiger partial charge in [-0.1, -0.05) is 48.5 Å². The Morgan fingerprint density at radius 2 is 1.33 bits per heavy atom. The van der Waals surface area contributed by atoms with Crippen LogP contribution in [0.25, 0.3) is 21.5 Å². The zero-order valence-electron chi connectivity index (χ0n) is 27.4. The van der Waals surface area contributed by atoms with E-state index in [1.807, 2.05) is 30.3 Å². The van der Waals surface area contributed by atoms with Crippen LogP contribution in [0.5, 0.6) is 5.75 Å². The molecule has 0 radical (unpaired) electrons. The first-order valence-corrected chi connectivity index (χ1v) is 19.4. The third-order valence-corrected chi connectivity index (χ3v) is 12.8. The molecule has 0 N–H and O–H groups in total. The van der Waals surface area contributed by atoms with Gasteiger partial charge in [0.25, 0.3) is 0 Å². The number of carbonyl (C=O) groups is 1. The predicted molar refractivity (Wildman–Crippen MR) is 193 cm³/mol. The maximum absolute atomic E-state index is 14.7. The van der Waals surface area contributed by atoms with E-state index >= 15 is 0 Å². The van der Waals surface area contributed by atoms with Crippen molar-refractivity contribution in [3.05, 3.63) is 133 Å².